The van der Waals surface area contributed by atoms with E-state index in [1.807, 2.05) is 7.05 Å². The summed E-state index contributed by atoms with van der Waals surface area (Å²) >= 11 is 1.48. The number of rotatable bonds is 7. The smallest absolute Gasteiger partial charge is 0.254 e. The van der Waals surface area contributed by atoms with Gasteiger partial charge in [-0.05, 0) is 26.1 Å². The van der Waals surface area contributed by atoms with Crippen LogP contribution in [0.4, 0.5) is 0 Å². The van der Waals surface area contributed by atoms with Crippen molar-refractivity contribution in [2.45, 2.75) is 24.8 Å². The Kier molecular flexibility index (Phi) is 6.15. The highest BCUT2D eigenvalue weighted by atomic mass is 32.2. The second-order valence-corrected chi connectivity index (χ2v) is 7.97. The van der Waals surface area contributed by atoms with Crippen LogP contribution in [-0.2, 0) is 16.6 Å². The molecule has 120 valence electrons. The Labute approximate surface area is 131 Å². The number of sulfonamides is 1. The van der Waals surface area contributed by atoms with Crippen molar-refractivity contribution in [1.29, 1.82) is 0 Å². The SMILES string of the molecule is CCCNCc1cc(S(=O)(=O)NN2CCN(C)CC2)cs1. The van der Waals surface area contributed by atoms with E-state index in [4.69, 9.17) is 0 Å². The van der Waals surface area contributed by atoms with Gasteiger partial charge in [-0.3, -0.25) is 0 Å². The van der Waals surface area contributed by atoms with Gasteiger partial charge in [-0.25, -0.2) is 13.4 Å². The molecular formula is C13H24N4O2S2. The predicted molar refractivity (Wildman–Crippen MR) is 85.7 cm³/mol. The van der Waals surface area contributed by atoms with Crippen molar-refractivity contribution in [3.8, 4) is 0 Å². The van der Waals surface area contributed by atoms with Crippen LogP contribution in [0.2, 0.25) is 0 Å². The Morgan fingerprint density at radius 2 is 2.00 bits per heavy atom. The lowest BCUT2D eigenvalue weighted by molar-refractivity contribution is 0.135. The lowest BCUT2D eigenvalue weighted by Gasteiger charge is -2.31. The van der Waals surface area contributed by atoms with E-state index < -0.39 is 10.0 Å². The average Bonchev–Trinajstić information content (AvgIpc) is 2.91. The lowest BCUT2D eigenvalue weighted by Crippen LogP contribution is -2.52. The number of thiophene rings is 1. The highest BCUT2D eigenvalue weighted by Gasteiger charge is 2.22. The molecular weight excluding hydrogens is 308 g/mol. The van der Waals surface area contributed by atoms with Gasteiger partial charge in [0.2, 0.25) is 0 Å². The van der Waals surface area contributed by atoms with Crippen molar-refractivity contribution >= 4 is 21.4 Å². The van der Waals surface area contributed by atoms with Crippen molar-refractivity contribution < 1.29 is 8.42 Å². The molecule has 0 aromatic carbocycles. The average molecular weight is 332 g/mol. The molecule has 1 aliphatic heterocycles. The van der Waals surface area contributed by atoms with Crippen LogP contribution in [0, 0.1) is 0 Å². The zero-order valence-electron chi connectivity index (χ0n) is 12.6. The molecule has 0 radical (unpaired) electrons. The van der Waals surface area contributed by atoms with Gasteiger partial charge in [-0.15, -0.1) is 16.2 Å². The fourth-order valence-corrected chi connectivity index (χ4v) is 4.47. The first-order valence-electron chi connectivity index (χ1n) is 7.25. The van der Waals surface area contributed by atoms with Crippen LogP contribution < -0.4 is 10.1 Å². The minimum atomic E-state index is -3.45. The van der Waals surface area contributed by atoms with Crippen molar-refractivity contribution in [3.63, 3.8) is 0 Å². The summed E-state index contributed by atoms with van der Waals surface area (Å²) in [5.74, 6) is 0. The van der Waals surface area contributed by atoms with Gasteiger partial charge < -0.3 is 10.2 Å². The number of likely N-dealkylation sites (N-methyl/N-ethyl adjacent to an activating group) is 1. The molecule has 21 heavy (non-hydrogen) atoms. The second kappa shape index (κ2) is 7.66. The third-order valence-corrected chi connectivity index (χ3v) is 5.86. The summed E-state index contributed by atoms with van der Waals surface area (Å²) < 4.78 is 24.7. The molecule has 1 aromatic rings. The zero-order chi connectivity index (χ0) is 15.3. The molecule has 0 bridgehead atoms. The largest absolute Gasteiger partial charge is 0.312 e. The molecule has 8 heteroatoms. The van der Waals surface area contributed by atoms with E-state index in [2.05, 4.69) is 22.0 Å². The van der Waals surface area contributed by atoms with Crippen molar-refractivity contribution in [3.05, 3.63) is 16.3 Å². The Morgan fingerprint density at radius 3 is 2.67 bits per heavy atom. The van der Waals surface area contributed by atoms with Gasteiger partial charge in [0.1, 0.15) is 0 Å². The molecule has 1 fully saturated rings. The Balaban J connectivity index is 1.93. The third-order valence-electron chi connectivity index (χ3n) is 3.42. The standard InChI is InChI=1S/C13H24N4O2S2/c1-3-4-14-10-12-9-13(11-20-12)21(18,19)15-17-7-5-16(2)6-8-17/h9,11,14-15H,3-8,10H2,1-2H3. The number of hydrogen-bond acceptors (Lipinski definition) is 6. The molecule has 6 nitrogen and oxygen atoms in total. The lowest BCUT2D eigenvalue weighted by atomic mass is 10.4. The molecule has 0 spiro atoms. The van der Waals surface area contributed by atoms with Gasteiger partial charge in [0, 0.05) is 43.0 Å². The maximum absolute atomic E-state index is 12.3. The van der Waals surface area contributed by atoms with E-state index in [0.29, 0.717) is 18.0 Å². The monoisotopic (exact) mass is 332 g/mol. The first kappa shape index (κ1) is 16.9. The van der Waals surface area contributed by atoms with E-state index in [9.17, 15) is 8.42 Å². The summed E-state index contributed by atoms with van der Waals surface area (Å²) in [4.78, 5) is 6.27. The predicted octanol–water partition coefficient (Wildman–Crippen LogP) is 0.688. The third kappa shape index (κ3) is 5.01. The van der Waals surface area contributed by atoms with Crippen LogP contribution >= 0.6 is 11.3 Å². The zero-order valence-corrected chi connectivity index (χ0v) is 14.3. The van der Waals surface area contributed by atoms with Crippen molar-refractivity contribution in [2.75, 3.05) is 39.8 Å². The van der Waals surface area contributed by atoms with E-state index >= 15 is 0 Å². The van der Waals surface area contributed by atoms with Crippen LogP contribution in [-0.4, -0.2) is 58.1 Å². The number of nitrogens with zero attached hydrogens (tertiary/aromatic N) is 2. The van der Waals surface area contributed by atoms with Gasteiger partial charge in [-0.2, -0.15) is 0 Å². The molecule has 0 aliphatic carbocycles. The van der Waals surface area contributed by atoms with Gasteiger partial charge in [0.05, 0.1) is 4.90 Å². The fourth-order valence-electron chi connectivity index (χ4n) is 2.10. The summed E-state index contributed by atoms with van der Waals surface area (Å²) in [6, 6.07) is 1.76. The Bertz CT molecular complexity index is 536. The van der Waals surface area contributed by atoms with Crippen LogP contribution in [0.15, 0.2) is 16.3 Å². The number of nitrogens with one attached hydrogen (secondary N) is 2. The van der Waals surface area contributed by atoms with E-state index in [-0.39, 0.29) is 0 Å². The second-order valence-electron chi connectivity index (χ2n) is 5.31. The first-order valence-corrected chi connectivity index (χ1v) is 9.61. The molecule has 2 heterocycles. The van der Waals surface area contributed by atoms with Crippen molar-refractivity contribution in [2.24, 2.45) is 0 Å². The van der Waals surface area contributed by atoms with E-state index in [0.717, 1.165) is 37.5 Å². The van der Waals surface area contributed by atoms with E-state index in [1.165, 1.54) is 11.3 Å². The maximum atomic E-state index is 12.3. The van der Waals surface area contributed by atoms with Gasteiger partial charge in [0.15, 0.2) is 0 Å². The summed E-state index contributed by atoms with van der Waals surface area (Å²) in [6.07, 6.45) is 1.07. The minimum absolute atomic E-state index is 0.361. The van der Waals surface area contributed by atoms with Crippen LogP contribution in [0.1, 0.15) is 18.2 Å². The number of piperazine rings is 1. The minimum Gasteiger partial charge on any atom is -0.312 e. The van der Waals surface area contributed by atoms with Crippen molar-refractivity contribution in [1.82, 2.24) is 20.1 Å². The summed E-state index contributed by atoms with van der Waals surface area (Å²) in [5.41, 5.74) is 0. The highest BCUT2D eigenvalue weighted by Crippen LogP contribution is 2.19. The normalized spacial score (nSPS) is 18.2. The molecule has 0 atom stereocenters. The molecule has 0 saturated carbocycles. The van der Waals surface area contributed by atoms with Crippen LogP contribution in [0.5, 0.6) is 0 Å². The Morgan fingerprint density at radius 1 is 1.29 bits per heavy atom. The fraction of sp³-hybridized carbons (Fsp3) is 0.692. The van der Waals surface area contributed by atoms with Crippen LogP contribution in [0.25, 0.3) is 0 Å². The topological polar surface area (TPSA) is 64.7 Å². The molecule has 0 amide bonds. The van der Waals surface area contributed by atoms with Gasteiger partial charge >= 0.3 is 0 Å². The molecule has 0 unspecified atom stereocenters. The molecule has 1 aliphatic rings. The molecule has 2 rings (SSSR count). The maximum Gasteiger partial charge on any atom is 0.254 e. The first-order chi connectivity index (χ1) is 10.0. The quantitative estimate of drug-likeness (QED) is 0.719. The Hall–Kier alpha value is -0.510. The molecule has 2 N–H and O–H groups in total. The number of hydrazine groups is 1. The van der Waals surface area contributed by atoms with Gasteiger partial charge in [0.25, 0.3) is 10.0 Å². The van der Waals surface area contributed by atoms with Crippen LogP contribution in [0.3, 0.4) is 0 Å². The van der Waals surface area contributed by atoms with Gasteiger partial charge in [-0.1, -0.05) is 6.92 Å². The molecule has 1 saturated heterocycles. The van der Waals surface area contributed by atoms with E-state index in [1.54, 1.807) is 16.5 Å². The summed E-state index contributed by atoms with van der Waals surface area (Å²) in [7, 11) is -1.41. The molecule has 1 aromatic heterocycles. The summed E-state index contributed by atoms with van der Waals surface area (Å²) in [5, 5.41) is 6.77. The summed E-state index contributed by atoms with van der Waals surface area (Å²) in [6.45, 7) is 6.95. The highest BCUT2D eigenvalue weighted by molar-refractivity contribution is 7.89. The number of hydrogen-bond donors (Lipinski definition) is 2.